The summed E-state index contributed by atoms with van der Waals surface area (Å²) in [6, 6.07) is 0. The van der Waals surface area contributed by atoms with Crippen molar-refractivity contribution < 1.29 is 42.8 Å². The summed E-state index contributed by atoms with van der Waals surface area (Å²) in [6.07, 6.45) is 6.52. The fourth-order valence-electron chi connectivity index (χ4n) is 2.82. The van der Waals surface area contributed by atoms with Crippen molar-refractivity contribution in [2.75, 3.05) is 92.5 Å². The first-order valence-corrected chi connectivity index (χ1v) is 12.0. The molecular formula is C23H45N2O8+. The lowest BCUT2D eigenvalue weighted by atomic mass is 10.3. The van der Waals surface area contributed by atoms with E-state index in [-0.39, 0.29) is 6.61 Å². The molecule has 0 radical (unpaired) electrons. The Morgan fingerprint density at radius 2 is 1.12 bits per heavy atom. The van der Waals surface area contributed by atoms with Crippen LogP contribution >= 0.6 is 0 Å². The lowest BCUT2D eigenvalue weighted by Gasteiger charge is -2.08. The highest BCUT2D eigenvalue weighted by atomic mass is 16.6. The summed E-state index contributed by atoms with van der Waals surface area (Å²) < 4.78 is 42.4. The van der Waals surface area contributed by atoms with Crippen LogP contribution in [0.15, 0.2) is 12.4 Å². The lowest BCUT2D eigenvalue weighted by molar-refractivity contribution is -0.681. The van der Waals surface area contributed by atoms with Crippen LogP contribution in [0.5, 0.6) is 0 Å². The van der Waals surface area contributed by atoms with Crippen LogP contribution in [0.1, 0.15) is 25.6 Å². The number of aliphatic hydroxyl groups is 1. The van der Waals surface area contributed by atoms with Gasteiger partial charge < -0.3 is 38.3 Å². The van der Waals surface area contributed by atoms with Gasteiger partial charge in [-0.25, -0.2) is 9.13 Å². The van der Waals surface area contributed by atoms with Gasteiger partial charge in [-0.05, 0) is 6.42 Å². The first-order valence-electron chi connectivity index (χ1n) is 12.0. The Labute approximate surface area is 198 Å². The molecule has 0 aliphatic rings. The number of ether oxygens (including phenoxy) is 7. The molecule has 0 bridgehead atoms. The summed E-state index contributed by atoms with van der Waals surface area (Å²) in [4.78, 5) is 0. The first-order chi connectivity index (χ1) is 16.3. The number of nitrogens with zero attached hydrogens (tertiary/aromatic N) is 2. The summed E-state index contributed by atoms with van der Waals surface area (Å²) in [5.74, 6) is 1.17. The normalized spacial score (nSPS) is 11.5. The second-order valence-corrected chi connectivity index (χ2v) is 7.32. The van der Waals surface area contributed by atoms with Gasteiger partial charge in [0.15, 0.2) is 0 Å². The average Bonchev–Trinajstić information content (AvgIpc) is 3.17. The molecule has 0 amide bonds. The van der Waals surface area contributed by atoms with Crippen molar-refractivity contribution in [1.82, 2.24) is 4.57 Å². The van der Waals surface area contributed by atoms with Crippen LogP contribution in [0.2, 0.25) is 0 Å². The molecule has 1 aromatic rings. The number of aryl methyl sites for hydroxylation is 2. The molecule has 1 rings (SSSR count). The third-order valence-corrected chi connectivity index (χ3v) is 4.66. The fraction of sp³-hybridized carbons (Fsp3) is 0.870. The van der Waals surface area contributed by atoms with Crippen LogP contribution in [0, 0.1) is 0 Å². The van der Waals surface area contributed by atoms with Gasteiger partial charge in [0.2, 0.25) is 0 Å². The van der Waals surface area contributed by atoms with E-state index >= 15 is 0 Å². The molecule has 0 atom stereocenters. The van der Waals surface area contributed by atoms with Crippen molar-refractivity contribution in [3.8, 4) is 0 Å². The van der Waals surface area contributed by atoms with E-state index in [9.17, 15) is 0 Å². The second kappa shape index (κ2) is 22.7. The third kappa shape index (κ3) is 17.0. The van der Waals surface area contributed by atoms with Crippen molar-refractivity contribution in [2.24, 2.45) is 7.05 Å². The van der Waals surface area contributed by atoms with Crippen molar-refractivity contribution in [3.05, 3.63) is 18.2 Å². The molecule has 0 unspecified atom stereocenters. The summed E-state index contributed by atoms with van der Waals surface area (Å²) in [5.41, 5.74) is 0. The molecule has 0 saturated heterocycles. The number of aromatic nitrogens is 2. The SMILES string of the molecule is CCCCn1cc[n+](C)c1COCCOCCOCCOCCOCCOCCOCCO. The van der Waals surface area contributed by atoms with Crippen molar-refractivity contribution in [3.63, 3.8) is 0 Å². The van der Waals surface area contributed by atoms with Crippen LogP contribution in [0.4, 0.5) is 0 Å². The zero-order valence-electron chi connectivity index (χ0n) is 20.6. The molecule has 10 nitrogen and oxygen atoms in total. The number of hydrogen-bond acceptors (Lipinski definition) is 8. The molecule has 0 spiro atoms. The zero-order chi connectivity index (χ0) is 23.8. The number of hydrogen-bond donors (Lipinski definition) is 1. The van der Waals surface area contributed by atoms with Gasteiger partial charge in [0.05, 0.1) is 106 Å². The Morgan fingerprint density at radius 3 is 1.55 bits per heavy atom. The fourth-order valence-corrected chi connectivity index (χ4v) is 2.82. The summed E-state index contributed by atoms with van der Waals surface area (Å²) in [5, 5.41) is 8.56. The van der Waals surface area contributed by atoms with Gasteiger partial charge in [-0.15, -0.1) is 0 Å². The standard InChI is InChI=1S/C23H45N2O8/c1-3-4-5-25-7-6-24(2)23(25)22-33-21-20-32-19-18-31-17-16-30-15-14-29-13-12-28-11-10-27-9-8-26/h6-7,26H,3-5,8-22H2,1-2H3/q+1. The van der Waals surface area contributed by atoms with Gasteiger partial charge >= 0.3 is 0 Å². The molecular weight excluding hydrogens is 432 g/mol. The molecule has 10 heteroatoms. The Bertz CT molecular complexity index is 545. The summed E-state index contributed by atoms with van der Waals surface area (Å²) >= 11 is 0. The molecule has 33 heavy (non-hydrogen) atoms. The van der Waals surface area contributed by atoms with Gasteiger partial charge in [0, 0.05) is 0 Å². The van der Waals surface area contributed by atoms with Crippen LogP contribution in [-0.4, -0.2) is 102 Å². The van der Waals surface area contributed by atoms with E-state index in [1.807, 2.05) is 7.05 Å². The molecule has 1 aromatic heterocycles. The van der Waals surface area contributed by atoms with Gasteiger partial charge in [-0.1, -0.05) is 13.3 Å². The summed E-state index contributed by atoms with van der Waals surface area (Å²) in [6.45, 7) is 10.5. The van der Waals surface area contributed by atoms with Crippen LogP contribution in [0.3, 0.4) is 0 Å². The molecule has 0 aliphatic carbocycles. The van der Waals surface area contributed by atoms with Crippen molar-refractivity contribution >= 4 is 0 Å². The van der Waals surface area contributed by atoms with E-state index in [4.69, 9.17) is 38.3 Å². The van der Waals surface area contributed by atoms with Crippen LogP contribution in [-0.2, 0) is 53.4 Å². The molecule has 1 N–H and O–H groups in total. The van der Waals surface area contributed by atoms with E-state index in [0.717, 1.165) is 6.54 Å². The maximum Gasteiger partial charge on any atom is 0.282 e. The van der Waals surface area contributed by atoms with E-state index in [0.29, 0.717) is 92.5 Å². The van der Waals surface area contributed by atoms with E-state index in [1.54, 1.807) is 0 Å². The smallest absolute Gasteiger partial charge is 0.282 e. The molecule has 194 valence electrons. The van der Waals surface area contributed by atoms with Crippen LogP contribution in [0.25, 0.3) is 0 Å². The minimum absolute atomic E-state index is 0.0340. The largest absolute Gasteiger partial charge is 0.394 e. The zero-order valence-corrected chi connectivity index (χ0v) is 20.6. The van der Waals surface area contributed by atoms with Gasteiger partial charge in [0.25, 0.3) is 5.82 Å². The highest BCUT2D eigenvalue weighted by Gasteiger charge is 2.13. The second-order valence-electron chi connectivity index (χ2n) is 7.32. The van der Waals surface area contributed by atoms with E-state index in [2.05, 4.69) is 28.5 Å². The summed E-state index contributed by atoms with van der Waals surface area (Å²) in [7, 11) is 2.04. The molecule has 0 aliphatic heterocycles. The predicted molar refractivity (Wildman–Crippen MR) is 122 cm³/mol. The van der Waals surface area contributed by atoms with Crippen molar-refractivity contribution in [1.29, 1.82) is 0 Å². The first kappa shape index (κ1) is 29.9. The van der Waals surface area contributed by atoms with Gasteiger partial charge in [-0.3, -0.25) is 0 Å². The number of aliphatic hydroxyl groups excluding tert-OH is 1. The minimum Gasteiger partial charge on any atom is -0.394 e. The molecule has 1 heterocycles. The quantitative estimate of drug-likeness (QED) is 0.163. The highest BCUT2D eigenvalue weighted by molar-refractivity contribution is 4.81. The van der Waals surface area contributed by atoms with E-state index < -0.39 is 0 Å². The number of unbranched alkanes of at least 4 members (excludes halogenated alkanes) is 1. The van der Waals surface area contributed by atoms with Gasteiger partial charge in [-0.2, -0.15) is 0 Å². The molecule has 0 saturated carbocycles. The van der Waals surface area contributed by atoms with Gasteiger partial charge in [0.1, 0.15) is 19.0 Å². The molecule has 0 aromatic carbocycles. The highest BCUT2D eigenvalue weighted by Crippen LogP contribution is 2.01. The number of imidazole rings is 1. The third-order valence-electron chi connectivity index (χ3n) is 4.66. The van der Waals surface area contributed by atoms with Crippen molar-refractivity contribution in [2.45, 2.75) is 32.9 Å². The topological polar surface area (TPSA) is 93.7 Å². The van der Waals surface area contributed by atoms with E-state index in [1.165, 1.54) is 18.7 Å². The maximum absolute atomic E-state index is 8.56. The lowest BCUT2D eigenvalue weighted by Crippen LogP contribution is -2.33. The Morgan fingerprint density at radius 1 is 0.697 bits per heavy atom. The predicted octanol–water partition coefficient (Wildman–Crippen LogP) is 0.721. The average molecular weight is 478 g/mol. The van der Waals surface area contributed by atoms with Crippen LogP contribution < -0.4 is 4.57 Å². The monoisotopic (exact) mass is 477 g/mol. The number of rotatable bonds is 25. The Kier molecular flexibility index (Phi) is 20.6. The minimum atomic E-state index is 0.0340. The Hall–Kier alpha value is -1.11. The Balaban J connectivity index is 1.78. The molecule has 0 fully saturated rings. The maximum atomic E-state index is 8.56.